The molecular formula is C10H22. The minimum absolute atomic E-state index is 0.447. The van der Waals surface area contributed by atoms with Gasteiger partial charge in [-0.1, -0.05) is 48.0 Å². The summed E-state index contributed by atoms with van der Waals surface area (Å²) in [6.45, 7) is 13.9. The van der Waals surface area contributed by atoms with Crippen molar-refractivity contribution in [1.82, 2.24) is 0 Å². The summed E-state index contributed by atoms with van der Waals surface area (Å²) in [6.07, 6.45) is 2.63. The van der Waals surface area contributed by atoms with Crippen LogP contribution in [0.15, 0.2) is 0 Å². The molecule has 0 unspecified atom stereocenters. The molecule has 0 aliphatic rings. The predicted octanol–water partition coefficient (Wildman–Crippen LogP) is 3.86. The molecule has 0 aliphatic heterocycles. The Hall–Kier alpha value is 0. The summed E-state index contributed by atoms with van der Waals surface area (Å²) in [5.41, 5.74) is 0.935. The van der Waals surface area contributed by atoms with Gasteiger partial charge in [0, 0.05) is 0 Å². The van der Waals surface area contributed by atoms with E-state index in [1.807, 2.05) is 0 Å². The Morgan fingerprint density at radius 1 is 0.900 bits per heavy atom. The Kier molecular flexibility index (Phi) is 2.94. The van der Waals surface area contributed by atoms with E-state index in [1.165, 1.54) is 12.8 Å². The van der Waals surface area contributed by atoms with Crippen molar-refractivity contribution >= 4 is 0 Å². The van der Waals surface area contributed by atoms with Crippen molar-refractivity contribution in [3.05, 3.63) is 0 Å². The first-order chi connectivity index (χ1) is 4.31. The van der Waals surface area contributed by atoms with Crippen molar-refractivity contribution in [3.8, 4) is 0 Å². The van der Waals surface area contributed by atoms with Crippen molar-refractivity contribution in [2.24, 2.45) is 10.8 Å². The molecule has 0 aromatic rings. The summed E-state index contributed by atoms with van der Waals surface area (Å²) in [4.78, 5) is 0. The maximum Gasteiger partial charge on any atom is -0.0306 e. The third kappa shape index (κ3) is 2.32. The van der Waals surface area contributed by atoms with Gasteiger partial charge in [0.05, 0.1) is 0 Å². The van der Waals surface area contributed by atoms with Gasteiger partial charge in [0.1, 0.15) is 0 Å². The fourth-order valence-electron chi connectivity index (χ4n) is 1.000. The molecule has 0 spiro atoms. The summed E-state index contributed by atoms with van der Waals surface area (Å²) in [5, 5.41) is 0. The normalized spacial score (nSPS) is 13.8. The molecule has 0 aliphatic carbocycles. The van der Waals surface area contributed by atoms with Crippen molar-refractivity contribution in [3.63, 3.8) is 0 Å². The lowest BCUT2D eigenvalue weighted by atomic mass is 9.67. The number of hydrogen-bond donors (Lipinski definition) is 0. The molecule has 62 valence electrons. The van der Waals surface area contributed by atoms with Gasteiger partial charge >= 0.3 is 0 Å². The molecule has 0 amide bonds. The van der Waals surface area contributed by atoms with Gasteiger partial charge in [-0.25, -0.2) is 0 Å². The molecular weight excluding hydrogens is 120 g/mol. The van der Waals surface area contributed by atoms with E-state index in [4.69, 9.17) is 0 Å². The Morgan fingerprint density at radius 2 is 1.30 bits per heavy atom. The molecule has 0 aromatic carbocycles. The van der Waals surface area contributed by atoms with Crippen LogP contribution in [-0.4, -0.2) is 0 Å². The quantitative estimate of drug-likeness (QED) is 0.549. The fraction of sp³-hybridized carbons (Fsp3) is 1.00. The average molecular weight is 142 g/mol. The topological polar surface area (TPSA) is 0 Å². The molecule has 0 nitrogen and oxygen atoms in total. The summed E-state index contributed by atoms with van der Waals surface area (Å²) < 4.78 is 0. The zero-order valence-electron chi connectivity index (χ0n) is 8.41. The second-order valence-corrected chi connectivity index (χ2v) is 4.88. The molecule has 0 saturated carbocycles. The lowest BCUT2D eigenvalue weighted by molar-refractivity contribution is 0.119. The second-order valence-electron chi connectivity index (χ2n) is 4.88. The highest BCUT2D eigenvalue weighted by Gasteiger charge is 2.31. The summed E-state index contributed by atoms with van der Waals surface area (Å²) in [7, 11) is 0. The van der Waals surface area contributed by atoms with Crippen LogP contribution in [-0.2, 0) is 0 Å². The van der Waals surface area contributed by atoms with Crippen LogP contribution >= 0.6 is 0 Å². The van der Waals surface area contributed by atoms with E-state index in [0.717, 1.165) is 0 Å². The first-order valence-electron chi connectivity index (χ1n) is 4.31. The molecule has 0 fully saturated rings. The van der Waals surface area contributed by atoms with Gasteiger partial charge in [0.2, 0.25) is 0 Å². The molecule has 0 saturated heterocycles. The van der Waals surface area contributed by atoms with Gasteiger partial charge in [0.25, 0.3) is 0 Å². The van der Waals surface area contributed by atoms with Gasteiger partial charge in [-0.3, -0.25) is 0 Å². The standard InChI is InChI=1S/C10H22/c1-7-8-10(5,6)9(2,3)4/h7-8H2,1-6H3. The highest BCUT2D eigenvalue weighted by atomic mass is 14.4. The molecule has 0 heterocycles. The van der Waals surface area contributed by atoms with Gasteiger partial charge in [-0.15, -0.1) is 0 Å². The van der Waals surface area contributed by atoms with E-state index in [1.54, 1.807) is 0 Å². The van der Waals surface area contributed by atoms with E-state index in [-0.39, 0.29) is 0 Å². The molecule has 0 aromatic heterocycles. The van der Waals surface area contributed by atoms with Crippen LogP contribution in [0, 0.1) is 10.8 Å². The predicted molar refractivity (Wildman–Crippen MR) is 48.1 cm³/mol. The van der Waals surface area contributed by atoms with E-state index < -0.39 is 0 Å². The van der Waals surface area contributed by atoms with Gasteiger partial charge in [0.15, 0.2) is 0 Å². The smallest absolute Gasteiger partial charge is 0.0306 e. The molecule has 0 heteroatoms. The first-order valence-corrected chi connectivity index (χ1v) is 4.31. The van der Waals surface area contributed by atoms with Crippen LogP contribution in [0.4, 0.5) is 0 Å². The van der Waals surface area contributed by atoms with Crippen molar-refractivity contribution in [2.45, 2.75) is 54.4 Å². The third-order valence-corrected chi connectivity index (χ3v) is 2.91. The van der Waals surface area contributed by atoms with Gasteiger partial charge < -0.3 is 0 Å². The monoisotopic (exact) mass is 142 g/mol. The minimum atomic E-state index is 0.447. The summed E-state index contributed by atoms with van der Waals surface area (Å²) in [5.74, 6) is 0. The van der Waals surface area contributed by atoms with Crippen molar-refractivity contribution in [2.75, 3.05) is 0 Å². The van der Waals surface area contributed by atoms with E-state index in [9.17, 15) is 0 Å². The van der Waals surface area contributed by atoms with Crippen LogP contribution in [0.25, 0.3) is 0 Å². The average Bonchev–Trinajstić information content (AvgIpc) is 1.61. The summed E-state index contributed by atoms with van der Waals surface area (Å²) in [6, 6.07) is 0. The zero-order valence-corrected chi connectivity index (χ0v) is 8.41. The third-order valence-electron chi connectivity index (χ3n) is 2.91. The van der Waals surface area contributed by atoms with E-state index >= 15 is 0 Å². The van der Waals surface area contributed by atoms with Crippen molar-refractivity contribution in [1.29, 1.82) is 0 Å². The van der Waals surface area contributed by atoms with E-state index in [2.05, 4.69) is 41.5 Å². The van der Waals surface area contributed by atoms with Crippen LogP contribution in [0.2, 0.25) is 0 Å². The van der Waals surface area contributed by atoms with Gasteiger partial charge in [-0.05, 0) is 17.3 Å². The molecule has 0 rings (SSSR count). The van der Waals surface area contributed by atoms with E-state index in [0.29, 0.717) is 10.8 Å². The molecule has 0 N–H and O–H groups in total. The second kappa shape index (κ2) is 2.94. The zero-order chi connectivity index (χ0) is 8.41. The number of rotatable bonds is 2. The Labute approximate surface area is 66.0 Å². The maximum absolute atomic E-state index is 2.36. The highest BCUT2D eigenvalue weighted by molar-refractivity contribution is 4.81. The summed E-state index contributed by atoms with van der Waals surface area (Å²) >= 11 is 0. The minimum Gasteiger partial charge on any atom is -0.0654 e. The van der Waals surface area contributed by atoms with Crippen LogP contribution in [0.5, 0.6) is 0 Å². The van der Waals surface area contributed by atoms with Crippen LogP contribution in [0.3, 0.4) is 0 Å². The lowest BCUT2D eigenvalue weighted by Gasteiger charge is -2.38. The molecule has 0 radical (unpaired) electrons. The number of hydrogen-bond acceptors (Lipinski definition) is 0. The van der Waals surface area contributed by atoms with Crippen LogP contribution < -0.4 is 0 Å². The Balaban J connectivity index is 4.10. The first kappa shape index (κ1) is 10.0. The van der Waals surface area contributed by atoms with Crippen LogP contribution in [0.1, 0.15) is 54.4 Å². The molecule has 10 heavy (non-hydrogen) atoms. The van der Waals surface area contributed by atoms with Gasteiger partial charge in [-0.2, -0.15) is 0 Å². The van der Waals surface area contributed by atoms with Crippen molar-refractivity contribution < 1.29 is 0 Å². The lowest BCUT2D eigenvalue weighted by Crippen LogP contribution is -2.29. The highest BCUT2D eigenvalue weighted by Crippen LogP contribution is 2.41. The molecule has 0 bridgehead atoms. The fourth-order valence-corrected chi connectivity index (χ4v) is 1.000. The maximum atomic E-state index is 2.36. The molecule has 0 atom stereocenters. The largest absolute Gasteiger partial charge is 0.0654 e. The SMILES string of the molecule is CCCC(C)(C)C(C)(C)C. The Bertz CT molecular complexity index is 93.1. The Morgan fingerprint density at radius 3 is 1.40 bits per heavy atom.